The number of fused-ring (bicyclic) bond motifs is 1. The number of aromatic nitrogens is 1. The molecule has 0 N–H and O–H groups in total. The summed E-state index contributed by atoms with van der Waals surface area (Å²) in [6.07, 6.45) is 1.76. The third kappa shape index (κ3) is 2.36. The van der Waals surface area contributed by atoms with Crippen molar-refractivity contribution in [1.29, 1.82) is 0 Å². The number of aldehydes is 1. The summed E-state index contributed by atoms with van der Waals surface area (Å²) < 4.78 is 2.04. The average molecular weight is 298 g/mol. The molecule has 0 aliphatic rings. The standard InChI is InChI=1S/C18H16ClNO/c1-2-14-9-6-10-15-16(12-21)18(19)20(17(14)15)11-13-7-4-3-5-8-13/h3-10,12H,2,11H2,1H3. The second-order valence-electron chi connectivity index (χ2n) is 5.06. The van der Waals surface area contributed by atoms with Gasteiger partial charge < -0.3 is 4.57 Å². The fraction of sp³-hybridized carbons (Fsp3) is 0.167. The van der Waals surface area contributed by atoms with Gasteiger partial charge in [0.2, 0.25) is 0 Å². The maximum atomic E-state index is 11.4. The van der Waals surface area contributed by atoms with Crippen molar-refractivity contribution in [2.24, 2.45) is 0 Å². The molecule has 0 spiro atoms. The molecule has 2 nitrogen and oxygen atoms in total. The van der Waals surface area contributed by atoms with E-state index in [1.807, 2.05) is 34.9 Å². The van der Waals surface area contributed by atoms with Gasteiger partial charge in [0, 0.05) is 11.9 Å². The van der Waals surface area contributed by atoms with Gasteiger partial charge in [-0.25, -0.2) is 0 Å². The number of para-hydroxylation sites is 1. The molecule has 0 bridgehead atoms. The highest BCUT2D eigenvalue weighted by Gasteiger charge is 2.17. The monoisotopic (exact) mass is 297 g/mol. The summed E-state index contributed by atoms with van der Waals surface area (Å²) in [7, 11) is 0. The van der Waals surface area contributed by atoms with E-state index >= 15 is 0 Å². The highest BCUT2D eigenvalue weighted by atomic mass is 35.5. The van der Waals surface area contributed by atoms with Crippen LogP contribution in [0.2, 0.25) is 5.15 Å². The summed E-state index contributed by atoms with van der Waals surface area (Å²) in [5, 5.41) is 1.45. The molecule has 21 heavy (non-hydrogen) atoms. The molecule has 0 saturated carbocycles. The van der Waals surface area contributed by atoms with E-state index < -0.39 is 0 Å². The lowest BCUT2D eigenvalue weighted by atomic mass is 10.1. The first kappa shape index (κ1) is 13.9. The Kier molecular flexibility index (Phi) is 3.80. The smallest absolute Gasteiger partial charge is 0.153 e. The molecule has 0 radical (unpaired) electrons. The van der Waals surface area contributed by atoms with Crippen LogP contribution < -0.4 is 0 Å². The van der Waals surface area contributed by atoms with Crippen LogP contribution in [0.1, 0.15) is 28.4 Å². The summed E-state index contributed by atoms with van der Waals surface area (Å²) in [6, 6.07) is 16.2. The predicted octanol–water partition coefficient (Wildman–Crippen LogP) is 4.72. The number of hydrogen-bond acceptors (Lipinski definition) is 1. The highest BCUT2D eigenvalue weighted by molar-refractivity contribution is 6.34. The Labute approximate surface area is 129 Å². The van der Waals surface area contributed by atoms with Gasteiger partial charge in [0.05, 0.1) is 11.1 Å². The SMILES string of the molecule is CCc1cccc2c(C=O)c(Cl)n(Cc3ccccc3)c12. The van der Waals surface area contributed by atoms with Crippen LogP contribution in [0.25, 0.3) is 10.9 Å². The van der Waals surface area contributed by atoms with E-state index in [0.29, 0.717) is 17.3 Å². The average Bonchev–Trinajstić information content (AvgIpc) is 2.80. The van der Waals surface area contributed by atoms with Gasteiger partial charge in [-0.2, -0.15) is 0 Å². The summed E-state index contributed by atoms with van der Waals surface area (Å²) in [6.45, 7) is 2.78. The number of carbonyl (C=O) groups excluding carboxylic acids is 1. The fourth-order valence-electron chi connectivity index (χ4n) is 2.79. The van der Waals surface area contributed by atoms with Crippen LogP contribution in [-0.2, 0) is 13.0 Å². The summed E-state index contributed by atoms with van der Waals surface area (Å²) in [4.78, 5) is 11.4. The van der Waals surface area contributed by atoms with Crippen LogP contribution in [0.15, 0.2) is 48.5 Å². The van der Waals surface area contributed by atoms with Gasteiger partial charge in [0.25, 0.3) is 0 Å². The molecule has 2 aromatic carbocycles. The first-order valence-electron chi connectivity index (χ1n) is 7.05. The Balaban J connectivity index is 2.25. The molecule has 3 aromatic rings. The van der Waals surface area contributed by atoms with Crippen molar-refractivity contribution in [2.75, 3.05) is 0 Å². The first-order valence-corrected chi connectivity index (χ1v) is 7.42. The van der Waals surface area contributed by atoms with Crippen molar-refractivity contribution in [3.63, 3.8) is 0 Å². The van der Waals surface area contributed by atoms with Crippen molar-refractivity contribution in [1.82, 2.24) is 4.57 Å². The maximum absolute atomic E-state index is 11.4. The summed E-state index contributed by atoms with van der Waals surface area (Å²) >= 11 is 6.46. The first-order chi connectivity index (χ1) is 10.3. The number of benzene rings is 2. The molecule has 0 aliphatic carbocycles. The maximum Gasteiger partial charge on any atom is 0.153 e. The lowest BCUT2D eigenvalue weighted by Gasteiger charge is -2.10. The Bertz CT molecular complexity index is 790. The number of rotatable bonds is 4. The zero-order chi connectivity index (χ0) is 14.8. The van der Waals surface area contributed by atoms with E-state index in [-0.39, 0.29) is 0 Å². The van der Waals surface area contributed by atoms with Crippen molar-refractivity contribution < 1.29 is 4.79 Å². The van der Waals surface area contributed by atoms with Crippen molar-refractivity contribution >= 4 is 28.8 Å². The van der Waals surface area contributed by atoms with Crippen molar-refractivity contribution in [3.8, 4) is 0 Å². The Morgan fingerprint density at radius 3 is 2.52 bits per heavy atom. The van der Waals surface area contributed by atoms with Gasteiger partial charge in [-0.05, 0) is 17.5 Å². The van der Waals surface area contributed by atoms with Crippen LogP contribution >= 0.6 is 11.6 Å². The Morgan fingerprint density at radius 1 is 1.10 bits per heavy atom. The van der Waals surface area contributed by atoms with Crippen LogP contribution in [0, 0.1) is 0 Å². The van der Waals surface area contributed by atoms with Crippen LogP contribution in [0.4, 0.5) is 0 Å². The number of hydrogen-bond donors (Lipinski definition) is 0. The zero-order valence-corrected chi connectivity index (χ0v) is 12.6. The fourth-order valence-corrected chi connectivity index (χ4v) is 3.08. The topological polar surface area (TPSA) is 22.0 Å². The molecule has 3 rings (SSSR count). The molecule has 106 valence electrons. The predicted molar refractivity (Wildman–Crippen MR) is 87.3 cm³/mol. The minimum absolute atomic E-state index is 0.518. The highest BCUT2D eigenvalue weighted by Crippen LogP contribution is 2.32. The summed E-state index contributed by atoms with van der Waals surface area (Å²) in [5.74, 6) is 0. The zero-order valence-electron chi connectivity index (χ0n) is 11.8. The molecular formula is C18H16ClNO. The number of halogens is 1. The van der Waals surface area contributed by atoms with Crippen molar-refractivity contribution in [3.05, 3.63) is 70.4 Å². The molecule has 0 saturated heterocycles. The van der Waals surface area contributed by atoms with Crippen molar-refractivity contribution in [2.45, 2.75) is 19.9 Å². The van der Waals surface area contributed by atoms with Gasteiger partial charge in [0.15, 0.2) is 6.29 Å². The second kappa shape index (κ2) is 5.74. The number of carbonyl (C=O) groups is 1. The van der Waals surface area contributed by atoms with Gasteiger partial charge in [-0.1, -0.05) is 67.1 Å². The lowest BCUT2D eigenvalue weighted by Crippen LogP contribution is -2.01. The number of nitrogens with zero attached hydrogens (tertiary/aromatic N) is 1. The molecule has 0 atom stereocenters. The number of aryl methyl sites for hydroxylation is 1. The molecule has 0 aliphatic heterocycles. The van der Waals surface area contributed by atoms with Crippen LogP contribution in [0.5, 0.6) is 0 Å². The third-order valence-electron chi connectivity index (χ3n) is 3.82. The molecule has 0 unspecified atom stereocenters. The molecule has 1 aromatic heterocycles. The minimum atomic E-state index is 0.518. The molecular weight excluding hydrogens is 282 g/mol. The van der Waals surface area contributed by atoms with E-state index in [9.17, 15) is 4.79 Å². The third-order valence-corrected chi connectivity index (χ3v) is 4.23. The van der Waals surface area contributed by atoms with E-state index in [1.54, 1.807) is 0 Å². The Morgan fingerprint density at radius 2 is 1.86 bits per heavy atom. The molecule has 1 heterocycles. The minimum Gasteiger partial charge on any atom is -0.326 e. The largest absolute Gasteiger partial charge is 0.326 e. The van der Waals surface area contributed by atoms with E-state index in [0.717, 1.165) is 23.6 Å². The van der Waals surface area contributed by atoms with E-state index in [4.69, 9.17) is 11.6 Å². The van der Waals surface area contributed by atoms with Crippen LogP contribution in [-0.4, -0.2) is 10.9 Å². The van der Waals surface area contributed by atoms with E-state index in [2.05, 4.69) is 25.1 Å². The normalized spacial score (nSPS) is 11.0. The van der Waals surface area contributed by atoms with Gasteiger partial charge >= 0.3 is 0 Å². The lowest BCUT2D eigenvalue weighted by molar-refractivity contribution is 0.112. The molecule has 3 heteroatoms. The second-order valence-corrected chi connectivity index (χ2v) is 5.42. The molecule has 0 amide bonds. The summed E-state index contributed by atoms with van der Waals surface area (Å²) in [5.41, 5.74) is 4.02. The quantitative estimate of drug-likeness (QED) is 0.639. The van der Waals surface area contributed by atoms with Gasteiger partial charge in [-0.3, -0.25) is 4.79 Å². The van der Waals surface area contributed by atoms with Gasteiger partial charge in [-0.15, -0.1) is 0 Å². The Hall–Kier alpha value is -2.06. The van der Waals surface area contributed by atoms with Crippen LogP contribution in [0.3, 0.4) is 0 Å². The van der Waals surface area contributed by atoms with Gasteiger partial charge in [0.1, 0.15) is 5.15 Å². The molecule has 0 fully saturated rings. The van der Waals surface area contributed by atoms with E-state index in [1.165, 1.54) is 11.1 Å².